The molecule has 0 saturated heterocycles. The van der Waals surface area contributed by atoms with Crippen molar-refractivity contribution in [2.45, 2.75) is 6.42 Å². The van der Waals surface area contributed by atoms with Crippen LogP contribution in [0.3, 0.4) is 0 Å². The molecule has 0 aromatic heterocycles. The number of hydrogen-bond donors (Lipinski definition) is 0. The Morgan fingerprint density at radius 2 is 1.52 bits per heavy atom. The van der Waals surface area contributed by atoms with E-state index < -0.39 is 0 Å². The Hall–Kier alpha value is -2.87. The summed E-state index contributed by atoms with van der Waals surface area (Å²) in [5, 5.41) is 0. The molecule has 23 heavy (non-hydrogen) atoms. The molecule has 0 radical (unpaired) electrons. The molecule has 0 N–H and O–H groups in total. The summed E-state index contributed by atoms with van der Waals surface area (Å²) in [6.07, 6.45) is 4.84. The van der Waals surface area contributed by atoms with Crippen molar-refractivity contribution in [2.24, 2.45) is 0 Å². The van der Waals surface area contributed by atoms with Crippen LogP contribution in [-0.4, -0.2) is 0 Å². The highest BCUT2D eigenvalue weighted by Crippen LogP contribution is 2.25. The molecule has 0 unspecified atom stereocenters. The molecule has 0 heterocycles. The molecule has 0 amide bonds. The van der Waals surface area contributed by atoms with Gasteiger partial charge in [-0.15, -0.1) is 0 Å². The minimum absolute atomic E-state index is 0.252. The quantitative estimate of drug-likeness (QED) is 0.572. The van der Waals surface area contributed by atoms with Crippen molar-refractivity contribution in [1.29, 1.82) is 0 Å². The van der Waals surface area contributed by atoms with Crippen molar-refractivity contribution in [1.82, 2.24) is 0 Å². The fourth-order valence-corrected chi connectivity index (χ4v) is 2.26. The van der Waals surface area contributed by atoms with E-state index in [0.717, 1.165) is 17.5 Å². The zero-order valence-electron chi connectivity index (χ0n) is 12.7. The summed E-state index contributed by atoms with van der Waals surface area (Å²) >= 11 is 0. The number of hydrogen-bond acceptors (Lipinski definition) is 1. The second kappa shape index (κ2) is 7.41. The van der Waals surface area contributed by atoms with Gasteiger partial charge < -0.3 is 4.74 Å². The molecule has 0 aliphatic rings. The molecule has 0 aliphatic carbocycles. The highest BCUT2D eigenvalue weighted by molar-refractivity contribution is 5.49. The van der Waals surface area contributed by atoms with E-state index in [9.17, 15) is 4.39 Å². The molecule has 114 valence electrons. The average Bonchev–Trinajstić information content (AvgIpc) is 2.60. The molecule has 3 aromatic rings. The van der Waals surface area contributed by atoms with E-state index in [1.807, 2.05) is 48.5 Å². The van der Waals surface area contributed by atoms with Crippen LogP contribution >= 0.6 is 0 Å². The van der Waals surface area contributed by atoms with Crippen LogP contribution in [0.1, 0.15) is 11.1 Å². The molecular weight excluding hydrogens is 287 g/mol. The van der Waals surface area contributed by atoms with Gasteiger partial charge in [0.2, 0.25) is 0 Å². The van der Waals surface area contributed by atoms with E-state index >= 15 is 0 Å². The van der Waals surface area contributed by atoms with Crippen molar-refractivity contribution in [3.63, 3.8) is 0 Å². The fourth-order valence-electron chi connectivity index (χ4n) is 2.26. The minimum Gasteiger partial charge on any atom is -0.454 e. The molecule has 1 nitrogen and oxygen atoms in total. The number of allylic oxidation sites excluding steroid dienone is 1. The lowest BCUT2D eigenvalue weighted by Crippen LogP contribution is -1.90. The summed E-state index contributed by atoms with van der Waals surface area (Å²) in [4.78, 5) is 0. The molecule has 3 aromatic carbocycles. The summed E-state index contributed by atoms with van der Waals surface area (Å²) in [5.74, 6) is 0.523. The van der Waals surface area contributed by atoms with Crippen LogP contribution in [0.4, 0.5) is 4.39 Å². The molecule has 0 fully saturated rings. The van der Waals surface area contributed by atoms with E-state index in [1.165, 1.54) is 6.07 Å². The summed E-state index contributed by atoms with van der Waals surface area (Å²) < 4.78 is 19.5. The minimum atomic E-state index is -0.357. The third-order valence-electron chi connectivity index (χ3n) is 3.43. The number of benzene rings is 3. The lowest BCUT2D eigenvalue weighted by Gasteiger charge is -2.08. The predicted octanol–water partition coefficient (Wildman–Crippen LogP) is 5.87. The van der Waals surface area contributed by atoms with Crippen molar-refractivity contribution in [3.8, 4) is 11.5 Å². The Labute approximate surface area is 135 Å². The summed E-state index contributed by atoms with van der Waals surface area (Å²) in [6, 6.07) is 24.3. The SMILES string of the molecule is Fc1ccc(CC=Cc2ccccc2)cc1Oc1ccccc1. The molecule has 0 bridgehead atoms. The average molecular weight is 304 g/mol. The maximum atomic E-state index is 13.9. The Balaban J connectivity index is 1.71. The van der Waals surface area contributed by atoms with E-state index in [0.29, 0.717) is 5.75 Å². The first-order valence-corrected chi connectivity index (χ1v) is 7.54. The van der Waals surface area contributed by atoms with E-state index in [2.05, 4.69) is 12.2 Å². The van der Waals surface area contributed by atoms with Crippen LogP contribution in [0.5, 0.6) is 11.5 Å². The number of ether oxygens (including phenoxy) is 1. The maximum Gasteiger partial charge on any atom is 0.165 e. The Kier molecular flexibility index (Phi) is 4.85. The van der Waals surface area contributed by atoms with Crippen molar-refractivity contribution < 1.29 is 9.13 Å². The lowest BCUT2D eigenvalue weighted by atomic mass is 10.1. The van der Waals surface area contributed by atoms with E-state index in [4.69, 9.17) is 4.74 Å². The Bertz CT molecular complexity index is 779. The van der Waals surface area contributed by atoms with Gasteiger partial charge in [-0.05, 0) is 41.8 Å². The zero-order valence-corrected chi connectivity index (χ0v) is 12.7. The first-order chi connectivity index (χ1) is 11.3. The highest BCUT2D eigenvalue weighted by atomic mass is 19.1. The standard InChI is InChI=1S/C21H17FO/c22-20-15-14-18(11-7-10-17-8-3-1-4-9-17)16-21(20)23-19-12-5-2-6-13-19/h1-10,12-16H,11H2. The summed E-state index contributed by atoms with van der Waals surface area (Å²) in [6.45, 7) is 0. The first kappa shape index (κ1) is 15.0. The molecular formula is C21H17FO. The van der Waals surface area contributed by atoms with Crippen molar-refractivity contribution in [3.05, 3.63) is 102 Å². The number of rotatable bonds is 5. The number of halogens is 1. The van der Waals surface area contributed by atoms with Crippen LogP contribution in [0.2, 0.25) is 0 Å². The van der Waals surface area contributed by atoms with Crippen LogP contribution in [0, 0.1) is 5.82 Å². The molecule has 2 heteroatoms. The third-order valence-corrected chi connectivity index (χ3v) is 3.43. The zero-order chi connectivity index (χ0) is 15.9. The van der Waals surface area contributed by atoms with Crippen LogP contribution in [0.25, 0.3) is 6.08 Å². The van der Waals surface area contributed by atoms with Gasteiger partial charge in [-0.2, -0.15) is 0 Å². The normalized spacial score (nSPS) is 10.8. The number of para-hydroxylation sites is 1. The van der Waals surface area contributed by atoms with Crippen molar-refractivity contribution in [2.75, 3.05) is 0 Å². The molecule has 0 atom stereocenters. The smallest absolute Gasteiger partial charge is 0.165 e. The van der Waals surface area contributed by atoms with E-state index in [-0.39, 0.29) is 11.6 Å². The second-order valence-electron chi connectivity index (χ2n) is 5.20. The third kappa shape index (κ3) is 4.30. The van der Waals surface area contributed by atoms with Gasteiger partial charge in [0.05, 0.1) is 0 Å². The fraction of sp³-hybridized carbons (Fsp3) is 0.0476. The topological polar surface area (TPSA) is 9.23 Å². The monoisotopic (exact) mass is 304 g/mol. The largest absolute Gasteiger partial charge is 0.454 e. The summed E-state index contributed by atoms with van der Waals surface area (Å²) in [7, 11) is 0. The van der Waals surface area contributed by atoms with Crippen LogP contribution in [-0.2, 0) is 6.42 Å². The maximum absolute atomic E-state index is 13.9. The van der Waals surface area contributed by atoms with Gasteiger partial charge in [-0.1, -0.05) is 66.7 Å². The van der Waals surface area contributed by atoms with Gasteiger partial charge in [0.25, 0.3) is 0 Å². The van der Waals surface area contributed by atoms with Gasteiger partial charge in [-0.3, -0.25) is 0 Å². The summed E-state index contributed by atoms with van der Waals surface area (Å²) in [5.41, 5.74) is 2.15. The second-order valence-corrected chi connectivity index (χ2v) is 5.20. The van der Waals surface area contributed by atoms with Crippen molar-refractivity contribution >= 4 is 6.08 Å². The first-order valence-electron chi connectivity index (χ1n) is 7.54. The van der Waals surface area contributed by atoms with Gasteiger partial charge in [-0.25, -0.2) is 4.39 Å². The highest BCUT2D eigenvalue weighted by Gasteiger charge is 2.05. The van der Waals surface area contributed by atoms with Gasteiger partial charge in [0.1, 0.15) is 5.75 Å². The molecule has 0 saturated carbocycles. The molecule has 3 rings (SSSR count). The Morgan fingerprint density at radius 3 is 2.26 bits per heavy atom. The molecule has 0 aliphatic heterocycles. The Morgan fingerprint density at radius 1 is 0.826 bits per heavy atom. The van der Waals surface area contributed by atoms with Gasteiger partial charge in [0.15, 0.2) is 11.6 Å². The van der Waals surface area contributed by atoms with Gasteiger partial charge in [0, 0.05) is 0 Å². The van der Waals surface area contributed by atoms with Gasteiger partial charge >= 0.3 is 0 Å². The lowest BCUT2D eigenvalue weighted by molar-refractivity contribution is 0.441. The predicted molar refractivity (Wildman–Crippen MR) is 92.1 cm³/mol. The molecule has 0 spiro atoms. The van der Waals surface area contributed by atoms with E-state index in [1.54, 1.807) is 24.3 Å². The van der Waals surface area contributed by atoms with Crippen LogP contribution < -0.4 is 4.74 Å². The van der Waals surface area contributed by atoms with Crippen LogP contribution in [0.15, 0.2) is 84.9 Å².